The van der Waals surface area contributed by atoms with Crippen LogP contribution in [0.4, 0.5) is 4.39 Å². The highest BCUT2D eigenvalue weighted by molar-refractivity contribution is 6.30. The lowest BCUT2D eigenvalue weighted by atomic mass is 9.89. The van der Waals surface area contributed by atoms with E-state index in [1.807, 2.05) is 47.8 Å². The van der Waals surface area contributed by atoms with Gasteiger partial charge in [-0.15, -0.1) is 0 Å². The average Bonchev–Trinajstić information content (AvgIpc) is 3.35. The zero-order valence-electron chi connectivity index (χ0n) is 21.3. The van der Waals surface area contributed by atoms with Crippen LogP contribution in [-0.2, 0) is 16.1 Å². The lowest BCUT2D eigenvalue weighted by Gasteiger charge is -2.29. The number of benzene rings is 2. The second-order valence-corrected chi connectivity index (χ2v) is 11.0. The van der Waals surface area contributed by atoms with E-state index in [-0.39, 0.29) is 47.4 Å². The van der Waals surface area contributed by atoms with Crippen molar-refractivity contribution in [3.63, 3.8) is 0 Å². The summed E-state index contributed by atoms with van der Waals surface area (Å²) in [6.45, 7) is 2.06. The Morgan fingerprint density at radius 2 is 1.86 bits per heavy atom. The molecule has 1 saturated heterocycles. The molecule has 4 atom stereocenters. The van der Waals surface area contributed by atoms with Crippen LogP contribution in [0, 0.1) is 11.7 Å². The molecular formula is C29H31ClFN3O3. The third kappa shape index (κ3) is 4.94. The van der Waals surface area contributed by atoms with Crippen LogP contribution >= 0.6 is 11.6 Å². The van der Waals surface area contributed by atoms with Crippen LogP contribution in [-0.4, -0.2) is 64.6 Å². The van der Waals surface area contributed by atoms with Crippen LogP contribution in [0.2, 0.25) is 5.02 Å². The fourth-order valence-electron chi connectivity index (χ4n) is 5.92. The number of likely N-dealkylation sites (N-methyl/N-ethyl adjacent to an activating group) is 1. The summed E-state index contributed by atoms with van der Waals surface area (Å²) >= 11 is 6.04. The lowest BCUT2D eigenvalue weighted by molar-refractivity contribution is -0.139. The van der Waals surface area contributed by atoms with Gasteiger partial charge in [-0.2, -0.15) is 0 Å². The van der Waals surface area contributed by atoms with Crippen LogP contribution in [0.5, 0.6) is 0 Å². The number of ketones is 2. The third-order valence-corrected chi connectivity index (χ3v) is 7.98. The normalized spacial score (nSPS) is 21.4. The first-order valence-electron chi connectivity index (χ1n) is 12.7. The molecule has 8 heteroatoms. The fraction of sp³-hybridized carbons (Fsp3) is 0.414. The third-order valence-electron chi connectivity index (χ3n) is 7.69. The van der Waals surface area contributed by atoms with E-state index >= 15 is 0 Å². The Morgan fingerprint density at radius 1 is 1.11 bits per heavy atom. The minimum Gasteiger partial charge on any atom is -0.337 e. The number of carbonyl (C=O) groups excluding carboxylic acids is 3. The summed E-state index contributed by atoms with van der Waals surface area (Å²) in [6, 6.07) is 12.0. The summed E-state index contributed by atoms with van der Waals surface area (Å²) in [6.07, 6.45) is 3.42. The number of rotatable bonds is 9. The number of fused-ring (bicyclic) bond motifs is 2. The maximum atomic E-state index is 14.9. The Bertz CT molecular complexity index is 1380. The molecule has 2 aromatic carbocycles. The number of nitrogens with zero attached hydrogens (tertiary/aromatic N) is 3. The molecule has 3 aromatic rings. The summed E-state index contributed by atoms with van der Waals surface area (Å²) in [5, 5.41) is 0.854. The zero-order valence-corrected chi connectivity index (χ0v) is 22.0. The Kier molecular flexibility index (Phi) is 6.94. The van der Waals surface area contributed by atoms with E-state index in [2.05, 4.69) is 0 Å². The van der Waals surface area contributed by atoms with Gasteiger partial charge in [0, 0.05) is 47.6 Å². The zero-order chi connectivity index (χ0) is 26.4. The summed E-state index contributed by atoms with van der Waals surface area (Å²) in [5.74, 6) is -0.763. The highest BCUT2D eigenvalue weighted by atomic mass is 35.5. The number of likely N-dealkylation sites (tertiary alicyclic amines) is 1. The summed E-state index contributed by atoms with van der Waals surface area (Å²) in [5.41, 5.74) is 1.82. The van der Waals surface area contributed by atoms with Gasteiger partial charge >= 0.3 is 0 Å². The van der Waals surface area contributed by atoms with Crippen molar-refractivity contribution in [2.45, 2.75) is 50.7 Å². The highest BCUT2D eigenvalue weighted by Crippen LogP contribution is 2.49. The van der Waals surface area contributed by atoms with Crippen molar-refractivity contribution in [1.82, 2.24) is 14.4 Å². The molecule has 2 heterocycles. The molecule has 1 aliphatic carbocycles. The van der Waals surface area contributed by atoms with Crippen LogP contribution < -0.4 is 0 Å². The SMILES string of the molecule is CC(=O)c1cn(CC(=O)N2[C@@H]3C[C@@H]3C[C@H]2C(=O)C[C@H](CN(C)C)c2cccc(Cl)c2F)c2ccccc12. The molecule has 5 rings (SSSR count). The molecule has 1 aromatic heterocycles. The van der Waals surface area contributed by atoms with E-state index in [4.69, 9.17) is 11.6 Å². The maximum absolute atomic E-state index is 14.9. The summed E-state index contributed by atoms with van der Waals surface area (Å²) in [7, 11) is 3.77. The smallest absolute Gasteiger partial charge is 0.243 e. The predicted octanol–water partition coefficient (Wildman–Crippen LogP) is 4.93. The number of para-hydroxylation sites is 1. The van der Waals surface area contributed by atoms with Gasteiger partial charge in [0.25, 0.3) is 0 Å². The van der Waals surface area contributed by atoms with E-state index < -0.39 is 11.9 Å². The van der Waals surface area contributed by atoms with Gasteiger partial charge in [-0.05, 0) is 57.5 Å². The van der Waals surface area contributed by atoms with Gasteiger partial charge in [-0.3, -0.25) is 14.4 Å². The molecule has 1 amide bonds. The van der Waals surface area contributed by atoms with Crippen molar-refractivity contribution >= 4 is 40.0 Å². The molecule has 0 radical (unpaired) electrons. The van der Waals surface area contributed by atoms with Crippen LogP contribution in [0.3, 0.4) is 0 Å². The van der Waals surface area contributed by atoms with E-state index in [1.165, 1.54) is 13.0 Å². The molecule has 1 aliphatic heterocycles. The largest absolute Gasteiger partial charge is 0.337 e. The number of carbonyl (C=O) groups is 3. The number of halogens is 2. The highest BCUT2D eigenvalue weighted by Gasteiger charge is 2.55. The first-order chi connectivity index (χ1) is 17.7. The van der Waals surface area contributed by atoms with Crippen LogP contribution in [0.25, 0.3) is 10.9 Å². The molecule has 0 spiro atoms. The van der Waals surface area contributed by atoms with Crippen molar-refractivity contribution in [2.24, 2.45) is 5.92 Å². The summed E-state index contributed by atoms with van der Waals surface area (Å²) < 4.78 is 16.7. The Labute approximate surface area is 221 Å². The van der Waals surface area contributed by atoms with Crippen molar-refractivity contribution in [2.75, 3.05) is 20.6 Å². The van der Waals surface area contributed by atoms with Gasteiger partial charge in [0.15, 0.2) is 11.6 Å². The van der Waals surface area contributed by atoms with E-state index in [1.54, 1.807) is 23.2 Å². The standard InChI is InChI=1S/C29H31ClFN3O3/c1-17(35)22-15-33(24-10-5-4-7-21(22)24)16-28(37)34-25-11-18(25)12-26(34)27(36)13-19(14-32(2)3)20-8-6-9-23(30)29(20)31/h4-10,15,18-19,25-26H,11-14,16H2,1-3H3/t18-,19-,25-,26+/m1/s1. The van der Waals surface area contributed by atoms with Gasteiger partial charge in [0.05, 0.1) is 11.1 Å². The topological polar surface area (TPSA) is 62.6 Å². The van der Waals surface area contributed by atoms with Crippen LogP contribution in [0.1, 0.15) is 48.0 Å². The Morgan fingerprint density at radius 3 is 2.59 bits per heavy atom. The fourth-order valence-corrected chi connectivity index (χ4v) is 6.10. The van der Waals surface area contributed by atoms with E-state index in [0.717, 1.165) is 17.3 Å². The molecule has 6 nitrogen and oxygen atoms in total. The van der Waals surface area contributed by atoms with E-state index in [0.29, 0.717) is 30.0 Å². The van der Waals surface area contributed by atoms with Crippen molar-refractivity contribution in [3.05, 3.63) is 70.6 Å². The molecular weight excluding hydrogens is 493 g/mol. The van der Waals surface area contributed by atoms with Crippen molar-refractivity contribution in [3.8, 4) is 0 Å². The Hall–Kier alpha value is -3.03. The maximum Gasteiger partial charge on any atom is 0.243 e. The molecule has 0 unspecified atom stereocenters. The predicted molar refractivity (Wildman–Crippen MR) is 141 cm³/mol. The van der Waals surface area contributed by atoms with Gasteiger partial charge in [0.2, 0.25) is 5.91 Å². The van der Waals surface area contributed by atoms with Gasteiger partial charge < -0.3 is 14.4 Å². The Balaban J connectivity index is 1.37. The van der Waals surface area contributed by atoms with Gasteiger partial charge in [-0.25, -0.2) is 4.39 Å². The molecule has 0 N–H and O–H groups in total. The van der Waals surface area contributed by atoms with Crippen molar-refractivity contribution < 1.29 is 18.8 Å². The molecule has 1 saturated carbocycles. The first kappa shape index (κ1) is 25.6. The van der Waals surface area contributed by atoms with Crippen LogP contribution in [0.15, 0.2) is 48.7 Å². The second kappa shape index (κ2) is 10.0. The lowest BCUT2D eigenvalue weighted by Crippen LogP contribution is -2.45. The molecule has 2 aliphatic rings. The molecule has 0 bridgehead atoms. The molecule has 2 fully saturated rings. The second-order valence-electron chi connectivity index (χ2n) is 10.6. The first-order valence-corrected chi connectivity index (χ1v) is 13.0. The van der Waals surface area contributed by atoms with E-state index in [9.17, 15) is 18.8 Å². The number of hydrogen-bond donors (Lipinski definition) is 0. The van der Waals surface area contributed by atoms with Crippen molar-refractivity contribution in [1.29, 1.82) is 0 Å². The number of hydrogen-bond acceptors (Lipinski definition) is 4. The average molecular weight is 524 g/mol. The monoisotopic (exact) mass is 523 g/mol. The number of piperidine rings is 1. The minimum atomic E-state index is -0.516. The van der Waals surface area contributed by atoms with Gasteiger partial charge in [-0.1, -0.05) is 41.9 Å². The molecule has 37 heavy (non-hydrogen) atoms. The van der Waals surface area contributed by atoms with Gasteiger partial charge in [0.1, 0.15) is 12.4 Å². The minimum absolute atomic E-state index is 0.0384. The number of aromatic nitrogens is 1. The molecule has 194 valence electrons. The number of amides is 1. The summed E-state index contributed by atoms with van der Waals surface area (Å²) in [4.78, 5) is 43.1. The number of Topliss-reactive ketones (excluding diaryl/α,β-unsaturated/α-hetero) is 2. The quantitative estimate of drug-likeness (QED) is 0.373.